The molecule has 3 aromatic rings. The first-order valence-electron chi connectivity index (χ1n) is 8.39. The summed E-state index contributed by atoms with van der Waals surface area (Å²) >= 11 is 0. The molecule has 0 spiro atoms. The quantitative estimate of drug-likeness (QED) is 0.664. The first-order chi connectivity index (χ1) is 13.2. The van der Waals surface area contributed by atoms with E-state index < -0.39 is 28.3 Å². The topological polar surface area (TPSA) is 68.3 Å². The predicted molar refractivity (Wildman–Crippen MR) is 98.4 cm³/mol. The van der Waals surface area contributed by atoms with Gasteiger partial charge in [0.05, 0.1) is 17.1 Å². The molecular weight excluding hydrogens is 393 g/mol. The third-order valence-electron chi connectivity index (χ3n) is 4.06. The number of ether oxygens (including phenoxy) is 1. The molecule has 3 rings (SSSR count). The van der Waals surface area contributed by atoms with Crippen molar-refractivity contribution in [1.29, 1.82) is 0 Å². The van der Waals surface area contributed by atoms with Gasteiger partial charge in [-0.15, -0.1) is 0 Å². The van der Waals surface area contributed by atoms with Crippen LogP contribution >= 0.6 is 0 Å². The van der Waals surface area contributed by atoms with Crippen molar-refractivity contribution in [3.63, 3.8) is 0 Å². The van der Waals surface area contributed by atoms with E-state index in [0.717, 1.165) is 6.07 Å². The van der Waals surface area contributed by atoms with Crippen molar-refractivity contribution >= 4 is 20.9 Å². The number of hydrogen-bond donors (Lipinski definition) is 1. The number of halogens is 3. The summed E-state index contributed by atoms with van der Waals surface area (Å²) in [7, 11) is -4.09. The lowest BCUT2D eigenvalue weighted by Gasteiger charge is -2.15. The van der Waals surface area contributed by atoms with Crippen LogP contribution < -0.4 is 9.46 Å². The SMILES string of the molecule is CCOc1ccc(S(=O)(=O)NCc2ccccc2C(F)(F)F)c2cccnc12. The van der Waals surface area contributed by atoms with Gasteiger partial charge in [0.15, 0.2) is 0 Å². The number of pyridine rings is 1. The van der Waals surface area contributed by atoms with E-state index in [-0.39, 0.29) is 10.5 Å². The summed E-state index contributed by atoms with van der Waals surface area (Å²) in [6.07, 6.45) is -3.06. The third kappa shape index (κ3) is 4.10. The highest BCUT2D eigenvalue weighted by Crippen LogP contribution is 2.33. The van der Waals surface area contributed by atoms with Crippen molar-refractivity contribution in [3.8, 4) is 5.75 Å². The second-order valence-corrected chi connectivity index (χ2v) is 7.61. The van der Waals surface area contributed by atoms with Gasteiger partial charge in [0.25, 0.3) is 0 Å². The van der Waals surface area contributed by atoms with E-state index in [0.29, 0.717) is 23.3 Å². The molecule has 2 aromatic carbocycles. The Hall–Kier alpha value is -2.65. The molecule has 0 bridgehead atoms. The van der Waals surface area contributed by atoms with E-state index in [1.807, 2.05) is 0 Å². The molecule has 0 saturated carbocycles. The maximum atomic E-state index is 13.1. The Morgan fingerprint density at radius 3 is 2.54 bits per heavy atom. The monoisotopic (exact) mass is 410 g/mol. The molecule has 0 aliphatic heterocycles. The predicted octanol–water partition coefficient (Wildman–Crippen LogP) is 4.13. The number of benzene rings is 2. The van der Waals surface area contributed by atoms with Crippen LogP contribution in [0.2, 0.25) is 0 Å². The number of alkyl halides is 3. The van der Waals surface area contributed by atoms with Crippen LogP contribution in [0.3, 0.4) is 0 Å². The van der Waals surface area contributed by atoms with Gasteiger partial charge in [-0.3, -0.25) is 4.98 Å². The van der Waals surface area contributed by atoms with E-state index in [1.54, 1.807) is 19.1 Å². The van der Waals surface area contributed by atoms with Gasteiger partial charge >= 0.3 is 6.18 Å². The van der Waals surface area contributed by atoms with Gasteiger partial charge in [0.1, 0.15) is 11.3 Å². The zero-order chi connectivity index (χ0) is 20.4. The Kier molecular flexibility index (Phi) is 5.57. The minimum Gasteiger partial charge on any atom is -0.492 e. The summed E-state index contributed by atoms with van der Waals surface area (Å²) in [5, 5.41) is 0.324. The average Bonchev–Trinajstić information content (AvgIpc) is 2.66. The largest absolute Gasteiger partial charge is 0.492 e. The van der Waals surface area contributed by atoms with Crippen LogP contribution in [0.4, 0.5) is 13.2 Å². The summed E-state index contributed by atoms with van der Waals surface area (Å²) in [6.45, 7) is 1.68. The average molecular weight is 410 g/mol. The van der Waals surface area contributed by atoms with Gasteiger partial charge in [-0.2, -0.15) is 13.2 Å². The molecule has 0 aliphatic carbocycles. The Morgan fingerprint density at radius 1 is 1.07 bits per heavy atom. The molecule has 148 valence electrons. The number of hydrogen-bond acceptors (Lipinski definition) is 4. The minimum absolute atomic E-state index is 0.0801. The molecule has 0 fully saturated rings. The van der Waals surface area contributed by atoms with Gasteiger partial charge in [0.2, 0.25) is 10.0 Å². The van der Waals surface area contributed by atoms with E-state index >= 15 is 0 Å². The first-order valence-corrected chi connectivity index (χ1v) is 9.87. The van der Waals surface area contributed by atoms with Crippen LogP contribution in [-0.4, -0.2) is 20.0 Å². The van der Waals surface area contributed by atoms with E-state index in [2.05, 4.69) is 9.71 Å². The number of rotatable bonds is 6. The zero-order valence-corrected chi connectivity index (χ0v) is 15.6. The fourth-order valence-electron chi connectivity index (χ4n) is 2.83. The maximum Gasteiger partial charge on any atom is 0.416 e. The fourth-order valence-corrected chi connectivity index (χ4v) is 4.03. The summed E-state index contributed by atoms with van der Waals surface area (Å²) in [5.74, 6) is 0.430. The Morgan fingerprint density at radius 2 is 1.82 bits per heavy atom. The molecule has 1 heterocycles. The minimum atomic E-state index is -4.57. The van der Waals surface area contributed by atoms with Gasteiger partial charge in [-0.25, -0.2) is 13.1 Å². The van der Waals surface area contributed by atoms with Gasteiger partial charge in [-0.1, -0.05) is 18.2 Å². The molecule has 0 radical (unpaired) electrons. The molecule has 0 unspecified atom stereocenters. The van der Waals surface area contributed by atoms with Gasteiger partial charge in [0, 0.05) is 18.1 Å². The smallest absolute Gasteiger partial charge is 0.416 e. The van der Waals surface area contributed by atoms with Crippen molar-refractivity contribution in [1.82, 2.24) is 9.71 Å². The molecule has 28 heavy (non-hydrogen) atoms. The Balaban J connectivity index is 1.96. The first kappa shape index (κ1) is 20.1. The van der Waals surface area contributed by atoms with Crippen molar-refractivity contribution in [2.75, 3.05) is 6.61 Å². The number of sulfonamides is 1. The molecule has 9 heteroatoms. The van der Waals surface area contributed by atoms with Crippen LogP contribution in [0.1, 0.15) is 18.1 Å². The molecule has 0 aliphatic rings. The maximum absolute atomic E-state index is 13.1. The lowest BCUT2D eigenvalue weighted by molar-refractivity contribution is -0.138. The van der Waals surface area contributed by atoms with E-state index in [1.165, 1.54) is 36.5 Å². The van der Waals surface area contributed by atoms with Crippen molar-refractivity contribution in [2.24, 2.45) is 0 Å². The molecular formula is C19H17F3N2O3S. The number of nitrogens with one attached hydrogen (secondary N) is 1. The number of nitrogens with zero attached hydrogens (tertiary/aromatic N) is 1. The summed E-state index contributed by atoms with van der Waals surface area (Å²) in [4.78, 5) is 4.09. The van der Waals surface area contributed by atoms with Crippen LogP contribution in [0.25, 0.3) is 10.9 Å². The van der Waals surface area contributed by atoms with Crippen LogP contribution in [0.15, 0.2) is 59.6 Å². The molecule has 5 nitrogen and oxygen atoms in total. The third-order valence-corrected chi connectivity index (χ3v) is 5.52. The highest BCUT2D eigenvalue weighted by atomic mass is 32.2. The molecule has 0 atom stereocenters. The Bertz CT molecular complexity index is 1100. The highest BCUT2D eigenvalue weighted by Gasteiger charge is 2.33. The lowest BCUT2D eigenvalue weighted by atomic mass is 10.1. The lowest BCUT2D eigenvalue weighted by Crippen LogP contribution is -2.25. The van der Waals surface area contributed by atoms with Gasteiger partial charge < -0.3 is 4.74 Å². The standard InChI is InChI=1S/C19H17F3N2O3S/c1-2-27-16-9-10-17(14-7-5-11-23-18(14)16)28(25,26)24-12-13-6-3-4-8-15(13)19(20,21)22/h3-11,24H,2,12H2,1H3. The van der Waals surface area contributed by atoms with Crippen molar-refractivity contribution in [2.45, 2.75) is 24.5 Å². The van der Waals surface area contributed by atoms with E-state index in [4.69, 9.17) is 4.74 Å². The fraction of sp³-hybridized carbons (Fsp3) is 0.211. The summed E-state index contributed by atoms with van der Waals surface area (Å²) in [5.41, 5.74) is -0.675. The van der Waals surface area contributed by atoms with Crippen LogP contribution in [0.5, 0.6) is 5.75 Å². The van der Waals surface area contributed by atoms with Crippen molar-refractivity contribution in [3.05, 3.63) is 65.9 Å². The van der Waals surface area contributed by atoms with Crippen LogP contribution in [0, 0.1) is 0 Å². The number of aromatic nitrogens is 1. The van der Waals surface area contributed by atoms with Crippen LogP contribution in [-0.2, 0) is 22.7 Å². The van der Waals surface area contributed by atoms with Crippen molar-refractivity contribution < 1.29 is 26.3 Å². The summed E-state index contributed by atoms with van der Waals surface area (Å²) < 4.78 is 72.6. The normalized spacial score (nSPS) is 12.3. The molecule has 0 amide bonds. The van der Waals surface area contributed by atoms with E-state index in [9.17, 15) is 21.6 Å². The molecule has 0 saturated heterocycles. The molecule has 1 aromatic heterocycles. The second-order valence-electron chi connectivity index (χ2n) is 5.87. The second kappa shape index (κ2) is 7.76. The Labute approximate surface area is 160 Å². The highest BCUT2D eigenvalue weighted by molar-refractivity contribution is 7.89. The zero-order valence-electron chi connectivity index (χ0n) is 14.8. The molecule has 1 N–H and O–H groups in total. The summed E-state index contributed by atoms with van der Waals surface area (Å²) in [6, 6.07) is 10.8. The van der Waals surface area contributed by atoms with Gasteiger partial charge in [-0.05, 0) is 42.8 Å². The number of fused-ring (bicyclic) bond motifs is 1.